The molecular weight excluding hydrogens is 280 g/mol. The fraction of sp³-hybridized carbons (Fsp3) is 0.438. The Morgan fingerprint density at radius 2 is 2.27 bits per heavy atom. The number of nitrogens with one attached hydrogen (secondary N) is 2. The summed E-state index contributed by atoms with van der Waals surface area (Å²) in [5.41, 5.74) is -0.118. The van der Waals surface area contributed by atoms with Crippen LogP contribution < -0.4 is 16.2 Å². The molecule has 6 heteroatoms. The largest absolute Gasteiger partial charge is 0.354 e. The molecule has 2 heterocycles. The Labute approximate surface area is 128 Å². The number of benzene rings is 1. The van der Waals surface area contributed by atoms with Crippen LogP contribution in [0.1, 0.15) is 12.8 Å². The fourth-order valence-corrected chi connectivity index (χ4v) is 2.81. The first kappa shape index (κ1) is 14.7. The van der Waals surface area contributed by atoms with Crippen LogP contribution in [0.2, 0.25) is 0 Å². The lowest BCUT2D eigenvalue weighted by Gasteiger charge is -2.10. The molecule has 1 saturated heterocycles. The third-order valence-electron chi connectivity index (χ3n) is 4.04. The highest BCUT2D eigenvalue weighted by molar-refractivity contribution is 5.80. The topological polar surface area (TPSA) is 76.0 Å². The molecule has 1 atom stereocenters. The van der Waals surface area contributed by atoms with E-state index in [2.05, 4.69) is 15.7 Å². The summed E-state index contributed by atoms with van der Waals surface area (Å²) in [6.07, 6.45) is 3.29. The molecule has 2 aromatic rings. The summed E-state index contributed by atoms with van der Waals surface area (Å²) in [5.74, 6) is 0.476. The van der Waals surface area contributed by atoms with Gasteiger partial charge in [0.2, 0.25) is 5.91 Å². The number of carbonyl (C=O) groups is 1. The van der Waals surface area contributed by atoms with E-state index in [0.29, 0.717) is 30.8 Å². The lowest BCUT2D eigenvalue weighted by Crippen LogP contribution is -2.33. The fourth-order valence-electron chi connectivity index (χ4n) is 2.81. The zero-order chi connectivity index (χ0) is 15.4. The van der Waals surface area contributed by atoms with Crippen LogP contribution >= 0.6 is 0 Å². The molecular formula is C16H20N4O2. The van der Waals surface area contributed by atoms with Crippen molar-refractivity contribution in [3.05, 3.63) is 40.8 Å². The minimum atomic E-state index is -0.118. The Hall–Kier alpha value is -2.21. The number of rotatable bonds is 5. The quantitative estimate of drug-likeness (QED) is 0.844. The van der Waals surface area contributed by atoms with Crippen LogP contribution in [0.25, 0.3) is 10.8 Å². The maximum Gasteiger partial charge on any atom is 0.274 e. The van der Waals surface area contributed by atoms with Gasteiger partial charge in [-0.05, 0) is 31.5 Å². The maximum absolute atomic E-state index is 12.3. The van der Waals surface area contributed by atoms with E-state index in [1.54, 1.807) is 12.3 Å². The maximum atomic E-state index is 12.3. The van der Waals surface area contributed by atoms with E-state index in [4.69, 9.17) is 0 Å². The molecule has 1 amide bonds. The number of aromatic nitrogens is 2. The highest BCUT2D eigenvalue weighted by Gasteiger charge is 2.17. The minimum Gasteiger partial charge on any atom is -0.354 e. The van der Waals surface area contributed by atoms with Crippen LogP contribution in [-0.4, -0.2) is 35.3 Å². The van der Waals surface area contributed by atoms with Gasteiger partial charge < -0.3 is 10.6 Å². The highest BCUT2D eigenvalue weighted by Crippen LogP contribution is 2.11. The van der Waals surface area contributed by atoms with Gasteiger partial charge in [-0.2, -0.15) is 5.10 Å². The second kappa shape index (κ2) is 6.70. The van der Waals surface area contributed by atoms with Gasteiger partial charge in [0, 0.05) is 18.4 Å². The smallest absolute Gasteiger partial charge is 0.274 e. The zero-order valence-electron chi connectivity index (χ0n) is 12.4. The van der Waals surface area contributed by atoms with Crippen molar-refractivity contribution in [3.8, 4) is 0 Å². The van der Waals surface area contributed by atoms with Gasteiger partial charge in [-0.1, -0.05) is 18.2 Å². The van der Waals surface area contributed by atoms with Crippen molar-refractivity contribution in [1.82, 2.24) is 20.4 Å². The van der Waals surface area contributed by atoms with Crippen molar-refractivity contribution in [2.75, 3.05) is 19.6 Å². The highest BCUT2D eigenvalue weighted by atomic mass is 16.1. The Balaban J connectivity index is 1.56. The van der Waals surface area contributed by atoms with Gasteiger partial charge in [0.05, 0.1) is 18.1 Å². The number of hydrogen-bond donors (Lipinski definition) is 2. The van der Waals surface area contributed by atoms with Crippen molar-refractivity contribution < 1.29 is 4.79 Å². The van der Waals surface area contributed by atoms with Crippen molar-refractivity contribution in [2.24, 2.45) is 5.92 Å². The van der Waals surface area contributed by atoms with Crippen molar-refractivity contribution in [2.45, 2.75) is 19.4 Å². The average molecular weight is 300 g/mol. The van der Waals surface area contributed by atoms with Gasteiger partial charge in [0.25, 0.3) is 5.56 Å². The molecule has 0 radical (unpaired) electrons. The molecule has 22 heavy (non-hydrogen) atoms. The Kier molecular flexibility index (Phi) is 4.48. The first-order valence-corrected chi connectivity index (χ1v) is 7.66. The van der Waals surface area contributed by atoms with Crippen LogP contribution in [0.4, 0.5) is 0 Å². The summed E-state index contributed by atoms with van der Waals surface area (Å²) in [6.45, 7) is 2.72. The van der Waals surface area contributed by atoms with Crippen molar-refractivity contribution >= 4 is 16.7 Å². The normalized spacial score (nSPS) is 17.7. The van der Waals surface area contributed by atoms with E-state index in [0.717, 1.165) is 24.9 Å². The predicted molar refractivity (Wildman–Crippen MR) is 84.6 cm³/mol. The lowest BCUT2D eigenvalue weighted by atomic mass is 10.0. The second-order valence-corrected chi connectivity index (χ2v) is 5.67. The van der Waals surface area contributed by atoms with Crippen LogP contribution in [-0.2, 0) is 11.3 Å². The van der Waals surface area contributed by atoms with Crippen LogP contribution in [0.5, 0.6) is 0 Å². The summed E-state index contributed by atoms with van der Waals surface area (Å²) < 4.78 is 1.40. The molecule has 6 nitrogen and oxygen atoms in total. The molecule has 0 bridgehead atoms. The molecule has 3 rings (SSSR count). The molecule has 0 aliphatic carbocycles. The third-order valence-corrected chi connectivity index (χ3v) is 4.04. The molecule has 1 aliphatic rings. The van der Waals surface area contributed by atoms with E-state index in [1.807, 2.05) is 18.2 Å². The SMILES string of the molecule is O=C(CC1CCNC1)NCCn1ncc2ccccc2c1=O. The first-order chi connectivity index (χ1) is 10.7. The molecule has 2 N–H and O–H groups in total. The molecule has 1 aliphatic heterocycles. The summed E-state index contributed by atoms with van der Waals surface area (Å²) in [5, 5.41) is 11.8. The first-order valence-electron chi connectivity index (χ1n) is 7.66. The molecule has 0 spiro atoms. The molecule has 1 unspecified atom stereocenters. The van der Waals surface area contributed by atoms with Gasteiger partial charge in [0.1, 0.15) is 0 Å². The van der Waals surface area contributed by atoms with E-state index >= 15 is 0 Å². The monoisotopic (exact) mass is 300 g/mol. The average Bonchev–Trinajstić information content (AvgIpc) is 3.03. The Morgan fingerprint density at radius 1 is 1.41 bits per heavy atom. The van der Waals surface area contributed by atoms with Gasteiger partial charge in [-0.25, -0.2) is 4.68 Å². The Morgan fingerprint density at radius 3 is 3.09 bits per heavy atom. The van der Waals surface area contributed by atoms with Gasteiger partial charge in [-0.3, -0.25) is 9.59 Å². The summed E-state index contributed by atoms with van der Waals surface area (Å²) in [4.78, 5) is 24.1. The van der Waals surface area contributed by atoms with Crippen LogP contribution in [0, 0.1) is 5.92 Å². The molecule has 116 valence electrons. The van der Waals surface area contributed by atoms with E-state index in [-0.39, 0.29) is 11.5 Å². The van der Waals surface area contributed by atoms with E-state index in [9.17, 15) is 9.59 Å². The minimum absolute atomic E-state index is 0.0440. The van der Waals surface area contributed by atoms with E-state index < -0.39 is 0 Å². The number of fused-ring (bicyclic) bond motifs is 1. The number of carbonyl (C=O) groups excluding carboxylic acids is 1. The van der Waals surface area contributed by atoms with E-state index in [1.165, 1.54) is 4.68 Å². The number of hydrogen-bond acceptors (Lipinski definition) is 4. The lowest BCUT2D eigenvalue weighted by molar-refractivity contribution is -0.121. The number of amides is 1. The van der Waals surface area contributed by atoms with Crippen molar-refractivity contribution in [1.29, 1.82) is 0 Å². The number of nitrogens with zero attached hydrogens (tertiary/aromatic N) is 2. The van der Waals surface area contributed by atoms with Gasteiger partial charge >= 0.3 is 0 Å². The summed E-state index contributed by atoms with van der Waals surface area (Å²) >= 11 is 0. The second-order valence-electron chi connectivity index (χ2n) is 5.67. The standard InChI is InChI=1S/C16H20N4O2/c21-15(9-12-5-6-17-10-12)18-7-8-20-16(22)14-4-2-1-3-13(14)11-19-20/h1-4,11-12,17H,5-10H2,(H,18,21). The Bertz CT molecular complexity index is 719. The predicted octanol–water partition coefficient (Wildman–Crippen LogP) is 0.512. The summed E-state index contributed by atoms with van der Waals surface area (Å²) in [7, 11) is 0. The van der Waals surface area contributed by atoms with Crippen LogP contribution in [0.3, 0.4) is 0 Å². The molecule has 1 aromatic heterocycles. The summed E-state index contributed by atoms with van der Waals surface area (Å²) in [6, 6.07) is 7.38. The zero-order valence-corrected chi connectivity index (χ0v) is 12.4. The van der Waals surface area contributed by atoms with Crippen LogP contribution in [0.15, 0.2) is 35.3 Å². The molecule has 1 fully saturated rings. The van der Waals surface area contributed by atoms with Crippen molar-refractivity contribution in [3.63, 3.8) is 0 Å². The molecule has 1 aromatic carbocycles. The third kappa shape index (κ3) is 3.33. The van der Waals surface area contributed by atoms with Gasteiger partial charge in [0.15, 0.2) is 0 Å². The molecule has 0 saturated carbocycles. The van der Waals surface area contributed by atoms with Gasteiger partial charge in [-0.15, -0.1) is 0 Å².